The maximum Gasteiger partial charge on any atom is 0.257 e. The van der Waals surface area contributed by atoms with Crippen LogP contribution in [0.2, 0.25) is 5.02 Å². The largest absolute Gasteiger partial charge is 0.353 e. The van der Waals surface area contributed by atoms with Crippen LogP contribution in [0.15, 0.2) is 48.7 Å². The third kappa shape index (κ3) is 3.10. The van der Waals surface area contributed by atoms with Crippen molar-refractivity contribution in [1.82, 2.24) is 9.88 Å². The molecule has 4 nitrogen and oxygen atoms in total. The molecule has 4 rings (SSSR count). The zero-order valence-corrected chi connectivity index (χ0v) is 14.8. The van der Waals surface area contributed by atoms with Crippen molar-refractivity contribution in [1.29, 1.82) is 0 Å². The highest BCUT2D eigenvalue weighted by molar-refractivity contribution is 6.33. The van der Waals surface area contributed by atoms with Gasteiger partial charge in [0.25, 0.3) is 5.91 Å². The molecule has 2 aromatic carbocycles. The number of pyridine rings is 1. The Hall–Kier alpha value is -2.66. The van der Waals surface area contributed by atoms with Crippen molar-refractivity contribution in [2.24, 2.45) is 0 Å². The molecule has 0 spiro atoms. The van der Waals surface area contributed by atoms with Crippen molar-refractivity contribution >= 4 is 39.8 Å². The van der Waals surface area contributed by atoms with Crippen LogP contribution >= 0.6 is 11.6 Å². The number of hydrogen-bond acceptors (Lipinski definition) is 3. The van der Waals surface area contributed by atoms with Crippen molar-refractivity contribution in [3.05, 3.63) is 65.1 Å². The van der Waals surface area contributed by atoms with Gasteiger partial charge in [-0.3, -0.25) is 9.78 Å². The number of nitrogens with one attached hydrogen (secondary N) is 1. The van der Waals surface area contributed by atoms with Crippen molar-refractivity contribution in [2.75, 3.05) is 18.4 Å². The van der Waals surface area contributed by atoms with Crippen LogP contribution in [0, 0.1) is 5.82 Å². The summed E-state index contributed by atoms with van der Waals surface area (Å²) in [6.45, 7) is 1.46. The lowest BCUT2D eigenvalue weighted by Gasteiger charge is -2.20. The van der Waals surface area contributed by atoms with E-state index in [1.54, 1.807) is 23.2 Å². The van der Waals surface area contributed by atoms with Gasteiger partial charge in [0.2, 0.25) is 0 Å². The maximum absolute atomic E-state index is 13.9. The fraction of sp³-hybridized carbons (Fsp3) is 0.200. The Balaban J connectivity index is 1.87. The Bertz CT molecular complexity index is 986. The van der Waals surface area contributed by atoms with E-state index < -0.39 is 0 Å². The number of aromatic nitrogens is 1. The first kappa shape index (κ1) is 16.8. The lowest BCUT2D eigenvalue weighted by atomic mass is 10.1. The van der Waals surface area contributed by atoms with Gasteiger partial charge in [-0.1, -0.05) is 23.7 Å². The number of halogens is 2. The van der Waals surface area contributed by atoms with Crippen LogP contribution in [-0.2, 0) is 0 Å². The predicted octanol–water partition coefficient (Wildman–Crippen LogP) is 5.01. The number of benzene rings is 2. The summed E-state index contributed by atoms with van der Waals surface area (Å²) >= 11 is 6.27. The van der Waals surface area contributed by atoms with Crippen LogP contribution in [0.1, 0.15) is 23.2 Å². The molecule has 0 atom stereocenters. The molecule has 0 saturated carbocycles. The van der Waals surface area contributed by atoms with E-state index in [0.29, 0.717) is 32.9 Å². The van der Waals surface area contributed by atoms with Crippen LogP contribution in [0.5, 0.6) is 0 Å². The first-order valence-corrected chi connectivity index (χ1v) is 8.90. The van der Waals surface area contributed by atoms with Gasteiger partial charge in [-0.15, -0.1) is 0 Å². The first-order valence-electron chi connectivity index (χ1n) is 8.52. The number of anilines is 2. The molecule has 26 heavy (non-hydrogen) atoms. The third-order valence-corrected chi connectivity index (χ3v) is 4.92. The van der Waals surface area contributed by atoms with E-state index in [-0.39, 0.29) is 11.7 Å². The minimum Gasteiger partial charge on any atom is -0.353 e. The van der Waals surface area contributed by atoms with Gasteiger partial charge in [-0.05, 0) is 43.2 Å². The van der Waals surface area contributed by atoms with Gasteiger partial charge in [0, 0.05) is 24.7 Å². The Kier molecular flexibility index (Phi) is 4.47. The lowest BCUT2D eigenvalue weighted by molar-refractivity contribution is 0.0793. The average molecular weight is 370 g/mol. The van der Waals surface area contributed by atoms with E-state index in [0.717, 1.165) is 25.9 Å². The number of rotatable bonds is 3. The zero-order valence-electron chi connectivity index (χ0n) is 14.0. The molecule has 2 heterocycles. The molecule has 1 amide bonds. The van der Waals surface area contributed by atoms with Crippen molar-refractivity contribution in [3.8, 4) is 0 Å². The second kappa shape index (κ2) is 6.92. The molecule has 0 aliphatic carbocycles. The van der Waals surface area contributed by atoms with Gasteiger partial charge < -0.3 is 10.2 Å². The summed E-state index contributed by atoms with van der Waals surface area (Å²) in [6, 6.07) is 11.6. The molecular formula is C20H17ClFN3O. The minimum absolute atomic E-state index is 0.101. The summed E-state index contributed by atoms with van der Waals surface area (Å²) in [6.07, 6.45) is 3.55. The highest BCUT2D eigenvalue weighted by Gasteiger charge is 2.24. The van der Waals surface area contributed by atoms with Crippen LogP contribution in [-0.4, -0.2) is 28.9 Å². The fourth-order valence-corrected chi connectivity index (χ4v) is 3.43. The van der Waals surface area contributed by atoms with Gasteiger partial charge in [0.05, 0.1) is 27.5 Å². The smallest absolute Gasteiger partial charge is 0.257 e. The minimum atomic E-state index is -0.382. The molecule has 0 unspecified atom stereocenters. The quantitative estimate of drug-likeness (QED) is 0.706. The summed E-state index contributed by atoms with van der Waals surface area (Å²) in [5.41, 5.74) is 2.21. The van der Waals surface area contributed by atoms with Crippen LogP contribution in [0.4, 0.5) is 15.8 Å². The van der Waals surface area contributed by atoms with E-state index in [9.17, 15) is 9.18 Å². The van der Waals surface area contributed by atoms with Gasteiger partial charge in [-0.25, -0.2) is 4.39 Å². The molecule has 1 fully saturated rings. The van der Waals surface area contributed by atoms with E-state index in [4.69, 9.17) is 11.6 Å². The van der Waals surface area contributed by atoms with Gasteiger partial charge in [0.1, 0.15) is 5.82 Å². The number of amides is 1. The zero-order chi connectivity index (χ0) is 18.1. The van der Waals surface area contributed by atoms with Crippen LogP contribution in [0.25, 0.3) is 10.9 Å². The summed E-state index contributed by atoms with van der Waals surface area (Å²) in [7, 11) is 0. The molecule has 1 saturated heterocycles. The topological polar surface area (TPSA) is 45.2 Å². The number of likely N-dealkylation sites (tertiary alicyclic amines) is 1. The molecule has 1 N–H and O–H groups in total. The lowest BCUT2D eigenvalue weighted by Crippen LogP contribution is -2.28. The standard InChI is InChI=1S/C20H17ClFN3O/c21-16-5-1-2-6-18(16)24-19-14-11-13(22)7-8-17(14)23-12-15(19)20(26)25-9-3-4-10-25/h1-2,5-8,11-12H,3-4,9-10H2,(H,23,24). The van der Waals surface area contributed by atoms with Gasteiger partial charge in [-0.2, -0.15) is 0 Å². The Morgan fingerprint density at radius 1 is 1.15 bits per heavy atom. The normalized spacial score (nSPS) is 14.0. The average Bonchev–Trinajstić information content (AvgIpc) is 3.18. The maximum atomic E-state index is 13.9. The van der Waals surface area contributed by atoms with Crippen molar-refractivity contribution in [3.63, 3.8) is 0 Å². The summed E-state index contributed by atoms with van der Waals surface area (Å²) in [5.74, 6) is -0.483. The second-order valence-electron chi connectivity index (χ2n) is 6.31. The van der Waals surface area contributed by atoms with E-state index in [1.807, 2.05) is 18.2 Å². The number of carbonyl (C=O) groups excluding carboxylic acids is 1. The predicted molar refractivity (Wildman–Crippen MR) is 102 cm³/mol. The monoisotopic (exact) mass is 369 g/mol. The molecule has 1 aliphatic rings. The Morgan fingerprint density at radius 2 is 1.92 bits per heavy atom. The summed E-state index contributed by atoms with van der Waals surface area (Å²) in [4.78, 5) is 19.1. The number of fused-ring (bicyclic) bond motifs is 1. The molecule has 0 bridgehead atoms. The number of nitrogens with zero attached hydrogens (tertiary/aromatic N) is 2. The molecule has 1 aromatic heterocycles. The molecule has 0 radical (unpaired) electrons. The molecule has 3 aromatic rings. The molecule has 1 aliphatic heterocycles. The SMILES string of the molecule is O=C(c1cnc2ccc(F)cc2c1Nc1ccccc1Cl)N1CCCC1. The fourth-order valence-electron chi connectivity index (χ4n) is 3.25. The van der Waals surface area contributed by atoms with E-state index in [1.165, 1.54) is 12.1 Å². The molecule has 6 heteroatoms. The first-order chi connectivity index (χ1) is 12.6. The van der Waals surface area contributed by atoms with Crippen LogP contribution < -0.4 is 5.32 Å². The van der Waals surface area contributed by atoms with Crippen LogP contribution in [0.3, 0.4) is 0 Å². The highest BCUT2D eigenvalue weighted by atomic mass is 35.5. The van der Waals surface area contributed by atoms with Crippen molar-refractivity contribution < 1.29 is 9.18 Å². The summed E-state index contributed by atoms with van der Waals surface area (Å²) < 4.78 is 13.9. The second-order valence-corrected chi connectivity index (χ2v) is 6.72. The molecular weight excluding hydrogens is 353 g/mol. The van der Waals surface area contributed by atoms with Gasteiger partial charge >= 0.3 is 0 Å². The van der Waals surface area contributed by atoms with Gasteiger partial charge in [0.15, 0.2) is 0 Å². The number of carbonyl (C=O) groups is 1. The molecule has 132 valence electrons. The summed E-state index contributed by atoms with van der Waals surface area (Å²) in [5, 5.41) is 4.30. The Morgan fingerprint density at radius 3 is 2.69 bits per heavy atom. The van der Waals surface area contributed by atoms with Crippen molar-refractivity contribution in [2.45, 2.75) is 12.8 Å². The van der Waals surface area contributed by atoms with E-state index in [2.05, 4.69) is 10.3 Å². The van der Waals surface area contributed by atoms with E-state index >= 15 is 0 Å². The number of hydrogen-bond donors (Lipinski definition) is 1. The third-order valence-electron chi connectivity index (χ3n) is 4.59. The Labute approximate surface area is 155 Å². The highest BCUT2D eigenvalue weighted by Crippen LogP contribution is 2.33. The number of para-hydroxylation sites is 1.